The molecule has 4 heteroatoms. The van der Waals surface area contributed by atoms with Crippen molar-refractivity contribution in [3.63, 3.8) is 0 Å². The molecule has 1 aromatic heterocycles. The second-order valence-electron chi connectivity index (χ2n) is 5.10. The number of carbonyl (C=O) groups is 1. The standard InChI is InChI=1S/C16H14N2OS/c19-16-17-14-11-5-2-1-4-10(11)7-8-12(14)15(18-16)13-6-3-9-20-13/h1-6,9,15H,7-8H2,(H2,17,18,19)/t15-/m1/s1. The Labute approximate surface area is 121 Å². The molecule has 2 aliphatic rings. The average molecular weight is 282 g/mol. The van der Waals surface area contributed by atoms with E-state index in [-0.39, 0.29) is 12.1 Å². The van der Waals surface area contributed by atoms with Crippen molar-refractivity contribution in [1.82, 2.24) is 10.6 Å². The van der Waals surface area contributed by atoms with Gasteiger partial charge in [0.05, 0.1) is 11.7 Å². The number of nitrogens with one attached hydrogen (secondary N) is 2. The summed E-state index contributed by atoms with van der Waals surface area (Å²) in [6.07, 6.45) is 2.02. The van der Waals surface area contributed by atoms with Crippen molar-refractivity contribution < 1.29 is 4.79 Å². The van der Waals surface area contributed by atoms with Crippen LogP contribution in [0, 0.1) is 0 Å². The summed E-state index contributed by atoms with van der Waals surface area (Å²) in [6, 6.07) is 12.4. The number of aryl methyl sites for hydroxylation is 1. The number of amides is 2. The van der Waals surface area contributed by atoms with Crippen LogP contribution in [-0.4, -0.2) is 6.03 Å². The molecule has 100 valence electrons. The highest BCUT2D eigenvalue weighted by Gasteiger charge is 2.32. The molecule has 4 rings (SSSR count). The van der Waals surface area contributed by atoms with Gasteiger partial charge in [-0.2, -0.15) is 0 Å². The molecule has 3 nitrogen and oxygen atoms in total. The molecule has 2 N–H and O–H groups in total. The third-order valence-corrected chi connectivity index (χ3v) is 4.90. The number of benzene rings is 1. The molecule has 0 fully saturated rings. The monoisotopic (exact) mass is 282 g/mol. The Morgan fingerprint density at radius 3 is 2.85 bits per heavy atom. The van der Waals surface area contributed by atoms with Gasteiger partial charge in [-0.1, -0.05) is 30.3 Å². The topological polar surface area (TPSA) is 41.1 Å². The minimum atomic E-state index is -0.112. The van der Waals surface area contributed by atoms with Gasteiger partial charge in [-0.3, -0.25) is 0 Å². The second kappa shape index (κ2) is 4.49. The summed E-state index contributed by atoms with van der Waals surface area (Å²) >= 11 is 1.69. The summed E-state index contributed by atoms with van der Waals surface area (Å²) in [5.74, 6) is 0. The Hall–Kier alpha value is -2.07. The number of urea groups is 1. The van der Waals surface area contributed by atoms with Crippen molar-refractivity contribution in [2.75, 3.05) is 0 Å². The van der Waals surface area contributed by atoms with E-state index in [1.54, 1.807) is 11.3 Å². The van der Waals surface area contributed by atoms with Gasteiger partial charge in [-0.25, -0.2) is 4.79 Å². The van der Waals surface area contributed by atoms with Crippen LogP contribution in [0.3, 0.4) is 0 Å². The molecule has 0 spiro atoms. The van der Waals surface area contributed by atoms with Crippen LogP contribution in [0.1, 0.15) is 28.5 Å². The number of carbonyl (C=O) groups excluding carboxylic acids is 1. The zero-order chi connectivity index (χ0) is 13.5. The molecule has 1 aromatic carbocycles. The highest BCUT2D eigenvalue weighted by Crippen LogP contribution is 2.39. The molecule has 1 atom stereocenters. The number of hydrogen-bond donors (Lipinski definition) is 2. The first-order valence-electron chi connectivity index (χ1n) is 6.75. The lowest BCUT2D eigenvalue weighted by Crippen LogP contribution is -2.44. The molecule has 1 aliphatic carbocycles. The fraction of sp³-hybridized carbons (Fsp3) is 0.188. The van der Waals surface area contributed by atoms with E-state index in [4.69, 9.17) is 0 Å². The van der Waals surface area contributed by atoms with Crippen LogP contribution in [0.25, 0.3) is 5.70 Å². The third-order valence-electron chi connectivity index (χ3n) is 3.96. The fourth-order valence-electron chi connectivity index (χ4n) is 3.05. The minimum absolute atomic E-state index is 0.0205. The van der Waals surface area contributed by atoms with Crippen molar-refractivity contribution in [1.29, 1.82) is 0 Å². The van der Waals surface area contributed by atoms with Gasteiger partial charge in [0.15, 0.2) is 0 Å². The Bertz CT molecular complexity index is 703. The summed E-state index contributed by atoms with van der Waals surface area (Å²) in [7, 11) is 0. The van der Waals surface area contributed by atoms with Gasteiger partial charge in [0, 0.05) is 10.4 Å². The van der Waals surface area contributed by atoms with Crippen molar-refractivity contribution >= 4 is 23.1 Å². The Kier molecular flexibility index (Phi) is 2.63. The van der Waals surface area contributed by atoms with E-state index in [0.29, 0.717) is 0 Å². The molecule has 0 radical (unpaired) electrons. The highest BCUT2D eigenvalue weighted by atomic mass is 32.1. The predicted octanol–water partition coefficient (Wildman–Crippen LogP) is 3.46. The first-order valence-corrected chi connectivity index (χ1v) is 7.63. The molecule has 2 amide bonds. The summed E-state index contributed by atoms with van der Waals surface area (Å²) in [5.41, 5.74) is 4.79. The first kappa shape index (κ1) is 11.7. The van der Waals surface area contributed by atoms with Crippen LogP contribution >= 0.6 is 11.3 Å². The molecule has 2 heterocycles. The van der Waals surface area contributed by atoms with Crippen LogP contribution in [0.4, 0.5) is 4.79 Å². The normalized spacial score (nSPS) is 20.8. The van der Waals surface area contributed by atoms with Gasteiger partial charge in [0.25, 0.3) is 0 Å². The molecule has 20 heavy (non-hydrogen) atoms. The quantitative estimate of drug-likeness (QED) is 0.826. The average Bonchev–Trinajstić information content (AvgIpc) is 3.00. The maximum absolute atomic E-state index is 12.0. The van der Waals surface area contributed by atoms with E-state index in [1.807, 2.05) is 12.1 Å². The summed E-state index contributed by atoms with van der Waals surface area (Å²) in [6.45, 7) is 0. The Balaban J connectivity index is 1.87. The third kappa shape index (κ3) is 1.76. The maximum Gasteiger partial charge on any atom is 0.320 e. The van der Waals surface area contributed by atoms with E-state index in [2.05, 4.69) is 40.3 Å². The number of fused-ring (bicyclic) bond motifs is 2. The van der Waals surface area contributed by atoms with E-state index >= 15 is 0 Å². The van der Waals surface area contributed by atoms with E-state index in [0.717, 1.165) is 18.5 Å². The number of hydrogen-bond acceptors (Lipinski definition) is 2. The fourth-order valence-corrected chi connectivity index (χ4v) is 3.86. The summed E-state index contributed by atoms with van der Waals surface area (Å²) in [5, 5.41) is 8.11. The van der Waals surface area contributed by atoms with Crippen LogP contribution < -0.4 is 10.6 Å². The number of rotatable bonds is 1. The SMILES string of the molecule is O=C1NC2=C(CCc3ccccc32)[C@H](c2cccs2)N1. The zero-order valence-electron chi connectivity index (χ0n) is 10.8. The van der Waals surface area contributed by atoms with Crippen LogP contribution in [0.5, 0.6) is 0 Å². The van der Waals surface area contributed by atoms with E-state index in [9.17, 15) is 4.79 Å². The molecule has 1 aliphatic heterocycles. The van der Waals surface area contributed by atoms with Crippen molar-refractivity contribution in [2.24, 2.45) is 0 Å². The highest BCUT2D eigenvalue weighted by molar-refractivity contribution is 7.10. The Morgan fingerprint density at radius 2 is 2.00 bits per heavy atom. The van der Waals surface area contributed by atoms with Crippen molar-refractivity contribution in [3.05, 3.63) is 63.4 Å². The molecule has 0 unspecified atom stereocenters. The predicted molar refractivity (Wildman–Crippen MR) is 80.4 cm³/mol. The van der Waals surface area contributed by atoms with Gasteiger partial charge in [0.1, 0.15) is 0 Å². The molecular formula is C16H14N2OS. The van der Waals surface area contributed by atoms with Gasteiger partial charge < -0.3 is 10.6 Å². The first-order chi connectivity index (χ1) is 9.83. The largest absolute Gasteiger partial charge is 0.326 e. The Morgan fingerprint density at radius 1 is 1.10 bits per heavy atom. The van der Waals surface area contributed by atoms with Gasteiger partial charge in [-0.05, 0) is 35.4 Å². The van der Waals surface area contributed by atoms with E-state index in [1.165, 1.54) is 21.6 Å². The van der Waals surface area contributed by atoms with Gasteiger partial charge in [0.2, 0.25) is 0 Å². The van der Waals surface area contributed by atoms with Crippen molar-refractivity contribution in [3.8, 4) is 0 Å². The maximum atomic E-state index is 12.0. The molecule has 0 bridgehead atoms. The zero-order valence-corrected chi connectivity index (χ0v) is 11.7. The lowest BCUT2D eigenvalue weighted by Gasteiger charge is -2.33. The molecule has 0 saturated heterocycles. The smallest absolute Gasteiger partial charge is 0.320 e. The lowest BCUT2D eigenvalue weighted by atomic mass is 9.84. The van der Waals surface area contributed by atoms with Crippen LogP contribution in [0.2, 0.25) is 0 Å². The van der Waals surface area contributed by atoms with Crippen molar-refractivity contribution in [2.45, 2.75) is 18.9 Å². The molecule has 0 saturated carbocycles. The lowest BCUT2D eigenvalue weighted by molar-refractivity contribution is 0.240. The minimum Gasteiger partial charge on any atom is -0.326 e. The molecular weight excluding hydrogens is 268 g/mol. The van der Waals surface area contributed by atoms with Gasteiger partial charge >= 0.3 is 6.03 Å². The number of thiophene rings is 1. The summed E-state index contributed by atoms with van der Waals surface area (Å²) in [4.78, 5) is 13.2. The second-order valence-corrected chi connectivity index (χ2v) is 6.08. The van der Waals surface area contributed by atoms with Crippen LogP contribution in [-0.2, 0) is 6.42 Å². The van der Waals surface area contributed by atoms with Crippen LogP contribution in [0.15, 0.2) is 47.4 Å². The molecule has 2 aromatic rings. The van der Waals surface area contributed by atoms with E-state index < -0.39 is 0 Å². The van der Waals surface area contributed by atoms with Gasteiger partial charge in [-0.15, -0.1) is 11.3 Å². The summed E-state index contributed by atoms with van der Waals surface area (Å²) < 4.78 is 0.